The van der Waals surface area contributed by atoms with Crippen molar-refractivity contribution in [2.45, 2.75) is 135 Å². The van der Waals surface area contributed by atoms with Crippen molar-refractivity contribution in [1.29, 1.82) is 0 Å². The van der Waals surface area contributed by atoms with Gasteiger partial charge < -0.3 is 88.3 Å². The number of aldehydes is 1. The number of aromatic nitrogens is 2. The van der Waals surface area contributed by atoms with Crippen LogP contribution in [0.5, 0.6) is 11.5 Å². The number of pyridine rings is 2. The number of Topliss-reactive ketones (excluding diaryl/α,β-unsaturated/α-hetero) is 2. The number of methoxy groups -OCH3 is 1. The monoisotopic (exact) mass is 1860 g/mol. The quantitative estimate of drug-likeness (QED) is 0.00449. The second-order valence-corrected chi connectivity index (χ2v) is 30.9. The van der Waals surface area contributed by atoms with Crippen LogP contribution in [-0.4, -0.2) is 261 Å². The molecule has 3 amide bonds. The van der Waals surface area contributed by atoms with Crippen LogP contribution in [0.3, 0.4) is 0 Å². The zero-order valence-corrected chi connectivity index (χ0v) is 76.8. The average Bonchev–Trinajstić information content (AvgIpc) is 0.787. The van der Waals surface area contributed by atoms with Crippen LogP contribution in [0.1, 0.15) is 118 Å². The van der Waals surface area contributed by atoms with Gasteiger partial charge in [0.15, 0.2) is 11.6 Å². The molecule has 35 nitrogen and oxygen atoms in total. The van der Waals surface area contributed by atoms with Crippen molar-refractivity contribution in [3.8, 4) is 33.8 Å². The summed E-state index contributed by atoms with van der Waals surface area (Å²) in [6.07, 6.45) is -1.18. The van der Waals surface area contributed by atoms with E-state index in [1.807, 2.05) is 147 Å². The fraction of sp³-hybridized carbons (Fsp3) is 0.474. The largest absolute Gasteiger partial charge is 1.00 e. The van der Waals surface area contributed by atoms with E-state index >= 15 is 0 Å². The number of rotatable bonds is 60. The number of azide groups is 2. The number of benzene rings is 6. The van der Waals surface area contributed by atoms with Crippen molar-refractivity contribution in [1.82, 2.24) is 20.6 Å². The maximum atomic E-state index is 13.6. The normalized spacial score (nSPS) is 11.9. The number of hydrogen-bond acceptors (Lipinski definition) is 27. The van der Waals surface area contributed by atoms with Crippen LogP contribution in [0.15, 0.2) is 168 Å². The Bertz CT molecular complexity index is 4970. The van der Waals surface area contributed by atoms with Crippen LogP contribution in [0.2, 0.25) is 0 Å². The fourth-order valence-corrected chi connectivity index (χ4v) is 13.3. The van der Waals surface area contributed by atoms with Gasteiger partial charge in [-0.25, -0.2) is 9.78 Å². The first-order valence-corrected chi connectivity index (χ1v) is 43.3. The van der Waals surface area contributed by atoms with Crippen LogP contribution in [0.25, 0.3) is 64.7 Å². The number of unbranched alkanes of at least 4 members (excludes halogenated alkanes) is 1. The molecule has 0 radical (unpaired) electrons. The number of aliphatic carboxylic acids is 1. The van der Waals surface area contributed by atoms with Crippen molar-refractivity contribution in [2.75, 3.05) is 164 Å². The van der Waals surface area contributed by atoms with E-state index in [0.717, 1.165) is 73.5 Å². The minimum absolute atomic E-state index is 0. The van der Waals surface area contributed by atoms with Gasteiger partial charge >= 0.3 is 43.1 Å². The Balaban J connectivity index is 0.000000523. The molecule has 0 unspecified atom stereocenters. The van der Waals surface area contributed by atoms with E-state index in [9.17, 15) is 62.1 Å². The van der Waals surface area contributed by atoms with E-state index in [1.54, 1.807) is 45.3 Å². The van der Waals surface area contributed by atoms with Crippen molar-refractivity contribution < 1.29 is 148 Å². The number of aliphatic hydroxyl groups excluding tert-OH is 2. The molecule has 39 heteroatoms. The van der Waals surface area contributed by atoms with Crippen LogP contribution in [0, 0.1) is 13.8 Å². The molecule has 6 N–H and O–H groups in total. The molecule has 2 aromatic heterocycles. The molecule has 6 aromatic carbocycles. The van der Waals surface area contributed by atoms with E-state index in [0.29, 0.717) is 167 Å². The third-order valence-corrected chi connectivity index (χ3v) is 19.7. The van der Waals surface area contributed by atoms with Gasteiger partial charge in [-0.2, -0.15) is 13.2 Å². The molecular formula is C95H121F3LiN11O24. The molecule has 0 aliphatic rings. The zero-order chi connectivity index (χ0) is 95.7. The van der Waals surface area contributed by atoms with Crippen LogP contribution >= 0.6 is 0 Å². The number of amides is 3. The van der Waals surface area contributed by atoms with Crippen LogP contribution in [0.4, 0.5) is 23.8 Å². The summed E-state index contributed by atoms with van der Waals surface area (Å²) in [4.78, 5) is 114. The third-order valence-electron chi connectivity index (χ3n) is 19.7. The first-order chi connectivity index (χ1) is 63.7. The Labute approximate surface area is 788 Å². The standard InChI is InChI=1S/C49H64N6O12.C44H55N5O10.C2HF3O.Li.H2O/c1-35-18-19-51-45(31-35)55(48(60)67-49(2,3)4)21-8-11-46(58)53-42(34-56)43(57)32-38(33-47(59)61-5)36-12-14-37(15-13-36)39-16-17-44(41-10-7-6-9-40(39)41)66-30-29-65-28-27-64-26-25-63-24-23-62-22-20-52-54-50;1-32-16-17-46-36(28-32)6-2-5-9-43(52)48-40(31-50)41(51)29-35(30-44(53)54)33-10-12-34(13-11-33)37-14-15-42(39-8-4-3-7-38(37)39)59-27-26-58-25-24-57-23-22-56-21-20-55-19-18-47-49-45;3-2(4,5)1-6;;/h6-7,9-10,12-19,31,38,42,56H,8,11,20-30,32-34H2,1-5H3,(H,53,58);3-4,7-8,10-17,28,35,40,50H,2,5-6,9,18-27,29-31H2,1H3,(H,48,52)(H,53,54);1H;;1H2/q;;;+1;/p-1/t38-,42-;35-,40-;;;/m00.../s1. The number of carboxylic acid groups (broad SMARTS) is 1. The first-order valence-electron chi connectivity index (χ1n) is 43.3. The molecule has 8 rings (SSSR count). The maximum Gasteiger partial charge on any atom is 1.00 e. The Hall–Kier alpha value is -11.5. The van der Waals surface area contributed by atoms with E-state index in [1.165, 1.54) is 12.0 Å². The van der Waals surface area contributed by atoms with E-state index in [4.69, 9.17) is 72.7 Å². The number of carbonyl (C=O) groups excluding carboxylic acids is 7. The van der Waals surface area contributed by atoms with Gasteiger partial charge in [0.2, 0.25) is 18.1 Å². The molecular weight excluding hydrogens is 1740 g/mol. The predicted octanol–water partition coefficient (Wildman–Crippen LogP) is 11.2. The number of hydrogen-bond donors (Lipinski definition) is 5. The smallest absolute Gasteiger partial charge is 0.870 e. The number of nitrogens with one attached hydrogen (secondary N) is 2. The number of aryl methyl sites for hydroxylation is 3. The molecule has 4 atom stereocenters. The van der Waals surface area contributed by atoms with Crippen molar-refractivity contribution >= 4 is 75.1 Å². The summed E-state index contributed by atoms with van der Waals surface area (Å²) in [6, 6.07) is 43.8. The SMILES string of the molecule is COC(=O)C[C@H](CC(=O)[C@H](CO)NC(=O)CCCN(C(=O)OC(C)(C)C)c1cc(C)ccn1)c1ccc(-c2ccc(OCCOCCOCCOCCOCCN=[N+]=[N-])c3ccccc23)cc1.Cc1ccnc(CCCCC(=O)N[C@@H](CO)C(=O)C[C@@H](CC(=O)O)c2ccc(-c3ccc(OCCOCCOCCOCCOCCN=[N+]=[N-])c4ccccc34)cc2)c1.O=CC(F)(F)F.[Li+].[OH-]. The number of carbonyl (C=O) groups is 8. The number of alkyl halides is 3. The fourth-order valence-electron chi connectivity index (χ4n) is 13.3. The Morgan fingerprint density at radius 1 is 0.507 bits per heavy atom. The van der Waals surface area contributed by atoms with Gasteiger partial charge in [0.05, 0.1) is 139 Å². The minimum Gasteiger partial charge on any atom is -0.870 e. The summed E-state index contributed by atoms with van der Waals surface area (Å²) in [5.74, 6) is -2.72. The zero-order valence-electron chi connectivity index (χ0n) is 76.8. The average molecular weight is 1870 g/mol. The topological polar surface area (TPSA) is 489 Å². The predicted molar refractivity (Wildman–Crippen MR) is 488 cm³/mol. The molecule has 2 heterocycles. The number of anilines is 1. The first kappa shape index (κ1) is 115. The Morgan fingerprint density at radius 3 is 1.28 bits per heavy atom. The van der Waals surface area contributed by atoms with E-state index in [2.05, 4.69) is 40.7 Å². The van der Waals surface area contributed by atoms with E-state index < -0.39 is 90.7 Å². The summed E-state index contributed by atoms with van der Waals surface area (Å²) in [7, 11) is 1.28. The number of fused-ring (bicyclic) bond motifs is 2. The van der Waals surface area contributed by atoms with Gasteiger partial charge in [-0.1, -0.05) is 119 Å². The molecule has 0 fully saturated rings. The minimum atomic E-state index is -4.64. The summed E-state index contributed by atoms with van der Waals surface area (Å²) in [5.41, 5.74) is 23.8. The molecule has 134 heavy (non-hydrogen) atoms. The van der Waals surface area contributed by atoms with E-state index in [-0.39, 0.29) is 81.7 Å². The van der Waals surface area contributed by atoms with Gasteiger partial charge in [0, 0.05) is 95.8 Å². The second-order valence-electron chi connectivity index (χ2n) is 30.9. The number of aliphatic hydroxyl groups is 2. The Kier molecular flexibility index (Phi) is 55.8. The van der Waals surface area contributed by atoms with Crippen molar-refractivity contribution in [3.63, 3.8) is 0 Å². The summed E-state index contributed by atoms with van der Waals surface area (Å²) >= 11 is 0. The molecule has 8 aromatic rings. The van der Waals surface area contributed by atoms with Gasteiger partial charge in [-0.3, -0.25) is 43.4 Å². The maximum absolute atomic E-state index is 13.6. The molecule has 0 bridgehead atoms. The molecule has 722 valence electrons. The molecule has 0 saturated carbocycles. The van der Waals surface area contributed by atoms with Crippen LogP contribution < -0.4 is 43.9 Å². The van der Waals surface area contributed by atoms with Gasteiger partial charge in [-0.15, -0.1) is 0 Å². The Morgan fingerprint density at radius 2 is 0.896 bits per heavy atom. The number of ether oxygens (including phenoxy) is 12. The van der Waals surface area contributed by atoms with Crippen molar-refractivity contribution in [3.05, 3.63) is 207 Å². The third kappa shape index (κ3) is 45.0. The second kappa shape index (κ2) is 65.2. The number of esters is 1. The summed E-state index contributed by atoms with van der Waals surface area (Å²) in [6.45, 7) is 15.9. The molecule has 0 aliphatic carbocycles. The number of nitrogens with zero attached hydrogens (tertiary/aromatic N) is 9. The molecule has 0 saturated heterocycles. The molecule has 0 spiro atoms. The number of ketones is 2. The van der Waals surface area contributed by atoms with Gasteiger partial charge in [0.1, 0.15) is 48.2 Å². The number of carboxylic acids is 1. The van der Waals surface area contributed by atoms with Crippen molar-refractivity contribution in [2.24, 2.45) is 10.2 Å². The van der Waals surface area contributed by atoms with Gasteiger partial charge in [0.25, 0.3) is 0 Å². The van der Waals surface area contributed by atoms with Gasteiger partial charge in [-0.05, 0) is 163 Å². The summed E-state index contributed by atoms with van der Waals surface area (Å²) < 4.78 is 97.8. The van der Waals surface area contributed by atoms with Crippen LogP contribution in [-0.2, 0) is 87.4 Å². The molecule has 0 aliphatic heterocycles. The number of halogens is 3. The summed E-state index contributed by atoms with van der Waals surface area (Å²) in [5, 5.41) is 45.7.